The SMILES string of the molecule is COc1ccccc1Nc1nc(N)nc(COc2ccc(C#N)cc2Cl)n1. The molecule has 0 aliphatic rings. The van der Waals surface area contributed by atoms with E-state index in [1.165, 1.54) is 6.07 Å². The predicted octanol–water partition coefficient (Wildman–Crippen LogP) is 3.31. The molecule has 3 rings (SSSR count). The van der Waals surface area contributed by atoms with Crippen LogP contribution < -0.4 is 20.5 Å². The summed E-state index contributed by atoms with van der Waals surface area (Å²) in [6, 6.07) is 14.1. The highest BCUT2D eigenvalue weighted by atomic mass is 35.5. The van der Waals surface area contributed by atoms with Gasteiger partial charge in [0.1, 0.15) is 18.1 Å². The Morgan fingerprint density at radius 3 is 2.70 bits per heavy atom. The molecule has 2 aromatic carbocycles. The van der Waals surface area contributed by atoms with Crippen LogP contribution in [0.1, 0.15) is 11.4 Å². The number of hydrogen-bond acceptors (Lipinski definition) is 8. The van der Waals surface area contributed by atoms with Crippen LogP contribution in [-0.2, 0) is 6.61 Å². The van der Waals surface area contributed by atoms with Crippen molar-refractivity contribution >= 4 is 29.2 Å². The van der Waals surface area contributed by atoms with E-state index in [-0.39, 0.29) is 18.5 Å². The minimum Gasteiger partial charge on any atom is -0.495 e. The molecule has 8 nitrogen and oxygen atoms in total. The molecule has 0 saturated carbocycles. The number of nitriles is 1. The molecule has 27 heavy (non-hydrogen) atoms. The average Bonchev–Trinajstić information content (AvgIpc) is 2.67. The number of nitrogens with two attached hydrogens (primary N) is 1. The third-order valence-electron chi connectivity index (χ3n) is 3.47. The topological polar surface area (TPSA) is 119 Å². The van der Waals surface area contributed by atoms with Crippen molar-refractivity contribution in [2.45, 2.75) is 6.61 Å². The number of benzene rings is 2. The Balaban J connectivity index is 1.76. The lowest BCUT2D eigenvalue weighted by Crippen LogP contribution is -2.09. The number of anilines is 3. The zero-order valence-corrected chi connectivity index (χ0v) is 15.1. The minimum atomic E-state index is 0.0267. The molecule has 0 amide bonds. The lowest BCUT2D eigenvalue weighted by molar-refractivity contribution is 0.296. The summed E-state index contributed by atoms with van der Waals surface area (Å²) in [7, 11) is 1.57. The Hall–Kier alpha value is -3.57. The first-order valence-electron chi connectivity index (χ1n) is 7.82. The van der Waals surface area contributed by atoms with E-state index in [0.717, 1.165) is 0 Å². The molecule has 0 atom stereocenters. The molecule has 136 valence electrons. The molecule has 0 aliphatic carbocycles. The molecule has 3 aromatic rings. The summed E-state index contributed by atoms with van der Waals surface area (Å²) in [4.78, 5) is 12.4. The maximum atomic E-state index is 8.87. The van der Waals surface area contributed by atoms with Crippen molar-refractivity contribution in [3.63, 3.8) is 0 Å². The van der Waals surface area contributed by atoms with Crippen molar-refractivity contribution in [3.05, 3.63) is 58.9 Å². The quantitative estimate of drug-likeness (QED) is 0.666. The molecule has 0 aliphatic heterocycles. The van der Waals surface area contributed by atoms with Gasteiger partial charge in [0, 0.05) is 0 Å². The Morgan fingerprint density at radius 1 is 1.15 bits per heavy atom. The molecule has 0 unspecified atom stereocenters. The number of methoxy groups -OCH3 is 1. The number of nitrogen functional groups attached to an aromatic ring is 1. The fraction of sp³-hybridized carbons (Fsp3) is 0.111. The second kappa shape index (κ2) is 8.21. The number of hydrogen-bond donors (Lipinski definition) is 2. The van der Waals surface area contributed by atoms with Gasteiger partial charge in [-0.1, -0.05) is 23.7 Å². The average molecular weight is 383 g/mol. The van der Waals surface area contributed by atoms with Crippen molar-refractivity contribution in [2.24, 2.45) is 0 Å². The van der Waals surface area contributed by atoms with Crippen LogP contribution in [0, 0.1) is 11.3 Å². The van der Waals surface area contributed by atoms with Gasteiger partial charge < -0.3 is 20.5 Å². The van der Waals surface area contributed by atoms with E-state index in [9.17, 15) is 0 Å². The fourth-order valence-electron chi connectivity index (χ4n) is 2.26. The van der Waals surface area contributed by atoms with E-state index in [0.29, 0.717) is 33.6 Å². The minimum absolute atomic E-state index is 0.0267. The van der Waals surface area contributed by atoms with E-state index in [1.54, 1.807) is 19.2 Å². The molecule has 0 radical (unpaired) electrons. The third kappa shape index (κ3) is 4.54. The van der Waals surface area contributed by atoms with E-state index in [2.05, 4.69) is 20.3 Å². The number of aromatic nitrogens is 3. The number of nitrogens with zero attached hydrogens (tertiary/aromatic N) is 4. The number of rotatable bonds is 6. The summed E-state index contributed by atoms with van der Waals surface area (Å²) < 4.78 is 10.9. The maximum absolute atomic E-state index is 8.87. The van der Waals surface area contributed by atoms with Crippen molar-refractivity contribution in [2.75, 3.05) is 18.2 Å². The zero-order chi connectivity index (χ0) is 19.2. The monoisotopic (exact) mass is 382 g/mol. The van der Waals surface area contributed by atoms with Crippen LogP contribution in [0.25, 0.3) is 0 Å². The van der Waals surface area contributed by atoms with Gasteiger partial charge in [0.2, 0.25) is 11.9 Å². The summed E-state index contributed by atoms with van der Waals surface area (Å²) in [6.07, 6.45) is 0. The van der Waals surface area contributed by atoms with Gasteiger partial charge >= 0.3 is 0 Å². The lowest BCUT2D eigenvalue weighted by Gasteiger charge is -2.11. The van der Waals surface area contributed by atoms with Crippen LogP contribution in [0.15, 0.2) is 42.5 Å². The molecule has 0 saturated heterocycles. The second-order valence-corrected chi connectivity index (χ2v) is 5.71. The lowest BCUT2D eigenvalue weighted by atomic mass is 10.2. The standard InChI is InChI=1S/C18H15ClN6O2/c1-26-15-5-3-2-4-13(15)22-18-24-16(23-17(21)25-18)10-27-14-7-6-11(9-20)8-12(14)19/h2-8H,10H2,1H3,(H3,21,22,23,24,25). The normalized spacial score (nSPS) is 10.1. The molecular weight excluding hydrogens is 368 g/mol. The summed E-state index contributed by atoms with van der Waals surface area (Å²) in [5.74, 6) is 1.68. The molecule has 9 heteroatoms. The highest BCUT2D eigenvalue weighted by Gasteiger charge is 2.10. The van der Waals surface area contributed by atoms with E-state index < -0.39 is 0 Å². The van der Waals surface area contributed by atoms with Crippen molar-refractivity contribution in [1.29, 1.82) is 5.26 Å². The van der Waals surface area contributed by atoms with Crippen LogP contribution >= 0.6 is 11.6 Å². The van der Waals surface area contributed by atoms with E-state index in [4.69, 9.17) is 32.1 Å². The second-order valence-electron chi connectivity index (χ2n) is 5.30. The first kappa shape index (κ1) is 18.2. The molecular formula is C18H15ClN6O2. The smallest absolute Gasteiger partial charge is 0.232 e. The van der Waals surface area contributed by atoms with Gasteiger partial charge in [-0.25, -0.2) is 0 Å². The first-order valence-corrected chi connectivity index (χ1v) is 8.19. The van der Waals surface area contributed by atoms with Gasteiger partial charge in [-0.05, 0) is 30.3 Å². The van der Waals surface area contributed by atoms with Gasteiger partial charge in [0.25, 0.3) is 0 Å². The first-order chi connectivity index (χ1) is 13.1. The maximum Gasteiger partial charge on any atom is 0.232 e. The summed E-state index contributed by atoms with van der Waals surface area (Å²) >= 11 is 6.10. The highest BCUT2D eigenvalue weighted by Crippen LogP contribution is 2.27. The van der Waals surface area contributed by atoms with Gasteiger partial charge in [-0.3, -0.25) is 0 Å². The van der Waals surface area contributed by atoms with Gasteiger partial charge in [0.05, 0.1) is 29.5 Å². The molecule has 0 spiro atoms. The van der Waals surface area contributed by atoms with Crippen molar-refractivity contribution in [3.8, 4) is 17.6 Å². The Bertz CT molecular complexity index is 1010. The van der Waals surface area contributed by atoms with E-state index in [1.807, 2.05) is 30.3 Å². The zero-order valence-electron chi connectivity index (χ0n) is 14.3. The number of nitrogens with one attached hydrogen (secondary N) is 1. The van der Waals surface area contributed by atoms with Crippen LogP contribution in [0.2, 0.25) is 5.02 Å². The van der Waals surface area contributed by atoms with E-state index >= 15 is 0 Å². The largest absolute Gasteiger partial charge is 0.495 e. The Kier molecular flexibility index (Phi) is 5.54. The molecule has 1 heterocycles. The number of ether oxygens (including phenoxy) is 2. The van der Waals surface area contributed by atoms with Crippen molar-refractivity contribution in [1.82, 2.24) is 15.0 Å². The highest BCUT2D eigenvalue weighted by molar-refractivity contribution is 6.32. The summed E-state index contributed by atoms with van der Waals surface area (Å²) in [5.41, 5.74) is 6.90. The number of halogens is 1. The predicted molar refractivity (Wildman–Crippen MR) is 101 cm³/mol. The molecule has 0 bridgehead atoms. The summed E-state index contributed by atoms with van der Waals surface area (Å²) in [6.45, 7) is 0.0267. The van der Waals surface area contributed by atoms with Crippen LogP contribution in [0.5, 0.6) is 11.5 Å². The van der Waals surface area contributed by atoms with Crippen LogP contribution in [0.3, 0.4) is 0 Å². The third-order valence-corrected chi connectivity index (χ3v) is 3.77. The van der Waals surface area contributed by atoms with Crippen molar-refractivity contribution < 1.29 is 9.47 Å². The molecule has 0 fully saturated rings. The van der Waals surface area contributed by atoms with Crippen LogP contribution in [-0.4, -0.2) is 22.1 Å². The van der Waals surface area contributed by atoms with Crippen LogP contribution in [0.4, 0.5) is 17.6 Å². The van der Waals surface area contributed by atoms with Gasteiger partial charge in [0.15, 0.2) is 5.82 Å². The molecule has 3 N–H and O–H groups in total. The van der Waals surface area contributed by atoms with Gasteiger partial charge in [-0.15, -0.1) is 0 Å². The number of para-hydroxylation sites is 2. The fourth-order valence-corrected chi connectivity index (χ4v) is 2.49. The Morgan fingerprint density at radius 2 is 1.96 bits per heavy atom. The Labute approximate surface area is 160 Å². The van der Waals surface area contributed by atoms with Gasteiger partial charge in [-0.2, -0.15) is 20.2 Å². The summed E-state index contributed by atoms with van der Waals surface area (Å²) in [5, 5.41) is 12.2. The molecule has 1 aromatic heterocycles.